The number of fused-ring (bicyclic) bond motifs is 4. The van der Waals surface area contributed by atoms with E-state index < -0.39 is 5.60 Å². The zero-order chi connectivity index (χ0) is 15.7. The van der Waals surface area contributed by atoms with Gasteiger partial charge in [0, 0.05) is 12.7 Å². The number of rotatable bonds is 5. The highest BCUT2D eigenvalue weighted by Gasteiger charge is 2.48. The smallest absolute Gasteiger partial charge is 0.333 e. The molecule has 0 fully saturated rings. The first-order chi connectivity index (χ1) is 10.6. The second-order valence-corrected chi connectivity index (χ2v) is 5.66. The summed E-state index contributed by atoms with van der Waals surface area (Å²) < 4.78 is 21.3. The molecule has 2 aliphatic carbocycles. The monoisotopic (exact) mass is 304 g/mol. The summed E-state index contributed by atoms with van der Waals surface area (Å²) in [6.45, 7) is 0.170. The molecule has 5 nitrogen and oxygen atoms in total. The SMILES string of the molecule is COCO[C@@]12C=C(C(=O)OC)[C@@H](Cc3cc(OC)ccc31)C2. The minimum absolute atomic E-state index is 0.101. The zero-order valence-electron chi connectivity index (χ0n) is 13.0. The van der Waals surface area contributed by atoms with E-state index in [-0.39, 0.29) is 18.7 Å². The summed E-state index contributed by atoms with van der Waals surface area (Å²) in [5, 5.41) is 0. The first-order valence-corrected chi connectivity index (χ1v) is 7.25. The Morgan fingerprint density at radius 3 is 2.82 bits per heavy atom. The molecule has 0 radical (unpaired) electrons. The largest absolute Gasteiger partial charge is 0.497 e. The van der Waals surface area contributed by atoms with Crippen LogP contribution in [0.25, 0.3) is 0 Å². The molecule has 0 spiro atoms. The maximum atomic E-state index is 12.0. The lowest BCUT2D eigenvalue weighted by Crippen LogP contribution is -2.32. The van der Waals surface area contributed by atoms with Crippen LogP contribution < -0.4 is 4.74 Å². The van der Waals surface area contributed by atoms with Crippen molar-refractivity contribution in [3.05, 3.63) is 41.0 Å². The number of carbonyl (C=O) groups excluding carboxylic acids is 1. The average Bonchev–Trinajstić information content (AvgIpc) is 2.86. The van der Waals surface area contributed by atoms with E-state index in [4.69, 9.17) is 18.9 Å². The summed E-state index contributed by atoms with van der Waals surface area (Å²) in [6, 6.07) is 5.94. The van der Waals surface area contributed by atoms with Crippen molar-refractivity contribution in [1.29, 1.82) is 0 Å². The van der Waals surface area contributed by atoms with E-state index in [1.807, 2.05) is 24.3 Å². The van der Waals surface area contributed by atoms with Crippen molar-refractivity contribution in [1.82, 2.24) is 0 Å². The zero-order valence-corrected chi connectivity index (χ0v) is 13.0. The lowest BCUT2D eigenvalue weighted by Gasteiger charge is -2.35. The second-order valence-electron chi connectivity index (χ2n) is 5.66. The molecule has 0 amide bonds. The summed E-state index contributed by atoms with van der Waals surface area (Å²) in [7, 11) is 4.64. The van der Waals surface area contributed by atoms with Gasteiger partial charge in [-0.1, -0.05) is 6.07 Å². The van der Waals surface area contributed by atoms with Crippen LogP contribution in [-0.4, -0.2) is 34.1 Å². The number of methoxy groups -OCH3 is 3. The van der Waals surface area contributed by atoms with Crippen LogP contribution in [0.15, 0.2) is 29.8 Å². The first kappa shape index (κ1) is 15.1. The molecule has 0 saturated heterocycles. The molecule has 1 aromatic rings. The molecule has 0 heterocycles. The Bertz CT molecular complexity index is 621. The van der Waals surface area contributed by atoms with E-state index in [1.165, 1.54) is 7.11 Å². The Balaban J connectivity index is 2.05. The van der Waals surface area contributed by atoms with Crippen LogP contribution in [0.4, 0.5) is 0 Å². The van der Waals surface area contributed by atoms with Crippen molar-refractivity contribution >= 4 is 5.97 Å². The number of ether oxygens (including phenoxy) is 4. The van der Waals surface area contributed by atoms with Gasteiger partial charge in [0.05, 0.1) is 14.2 Å². The first-order valence-electron chi connectivity index (χ1n) is 7.25. The molecule has 22 heavy (non-hydrogen) atoms. The topological polar surface area (TPSA) is 54.0 Å². The molecule has 1 aromatic carbocycles. The molecule has 0 unspecified atom stereocenters. The van der Waals surface area contributed by atoms with E-state index in [0.29, 0.717) is 5.57 Å². The lowest BCUT2D eigenvalue weighted by atomic mass is 9.78. The van der Waals surface area contributed by atoms with Gasteiger partial charge in [-0.05, 0) is 48.1 Å². The van der Waals surface area contributed by atoms with Gasteiger partial charge in [-0.15, -0.1) is 0 Å². The predicted molar refractivity (Wildman–Crippen MR) is 79.5 cm³/mol. The third-order valence-electron chi connectivity index (χ3n) is 4.47. The molecule has 2 aliphatic rings. The van der Waals surface area contributed by atoms with Crippen LogP contribution in [0, 0.1) is 5.92 Å². The Morgan fingerprint density at radius 1 is 1.32 bits per heavy atom. The van der Waals surface area contributed by atoms with Crippen molar-refractivity contribution in [2.24, 2.45) is 5.92 Å². The van der Waals surface area contributed by atoms with Crippen LogP contribution in [0.3, 0.4) is 0 Å². The highest BCUT2D eigenvalue weighted by molar-refractivity contribution is 5.90. The molecule has 5 heteroatoms. The Labute approximate surface area is 129 Å². The number of hydrogen-bond acceptors (Lipinski definition) is 5. The third-order valence-corrected chi connectivity index (χ3v) is 4.47. The van der Waals surface area contributed by atoms with Gasteiger partial charge >= 0.3 is 5.97 Å². The minimum Gasteiger partial charge on any atom is -0.497 e. The van der Waals surface area contributed by atoms with Gasteiger partial charge in [-0.25, -0.2) is 4.79 Å². The van der Waals surface area contributed by atoms with E-state index in [1.54, 1.807) is 14.2 Å². The fourth-order valence-corrected chi connectivity index (χ4v) is 3.50. The predicted octanol–water partition coefficient (Wildman–Crippen LogP) is 2.19. The number of hydrogen-bond donors (Lipinski definition) is 0. The molecule has 0 saturated carbocycles. The minimum atomic E-state index is -0.621. The van der Waals surface area contributed by atoms with Gasteiger partial charge in [0.25, 0.3) is 0 Å². The van der Waals surface area contributed by atoms with Crippen molar-refractivity contribution in [3.8, 4) is 5.75 Å². The summed E-state index contributed by atoms with van der Waals surface area (Å²) in [5.74, 6) is 0.623. The summed E-state index contributed by atoms with van der Waals surface area (Å²) in [6.07, 6.45) is 3.42. The van der Waals surface area contributed by atoms with Gasteiger partial charge in [-0.3, -0.25) is 0 Å². The van der Waals surface area contributed by atoms with E-state index in [0.717, 1.165) is 29.7 Å². The number of benzene rings is 1. The number of esters is 1. The Morgan fingerprint density at radius 2 is 2.14 bits per heavy atom. The molecular weight excluding hydrogens is 284 g/mol. The standard InChI is InChI=1S/C17H20O5/c1-19-10-22-17-8-12(14(9-17)16(18)21-3)6-11-7-13(20-2)4-5-15(11)17/h4-5,7,9,12H,6,8,10H2,1-3H3/t12-,17-/m0/s1. The lowest BCUT2D eigenvalue weighted by molar-refractivity contribution is -0.136. The van der Waals surface area contributed by atoms with Crippen LogP contribution in [0.2, 0.25) is 0 Å². The van der Waals surface area contributed by atoms with Gasteiger partial charge in [0.15, 0.2) is 0 Å². The van der Waals surface area contributed by atoms with Crippen LogP contribution >= 0.6 is 0 Å². The van der Waals surface area contributed by atoms with Crippen molar-refractivity contribution < 1.29 is 23.7 Å². The van der Waals surface area contributed by atoms with Gasteiger partial charge in [-0.2, -0.15) is 0 Å². The van der Waals surface area contributed by atoms with E-state index in [2.05, 4.69) is 0 Å². The summed E-state index contributed by atoms with van der Waals surface area (Å²) in [5.41, 5.74) is 2.28. The molecule has 0 aliphatic heterocycles. The van der Waals surface area contributed by atoms with Gasteiger partial charge in [0.2, 0.25) is 0 Å². The second kappa shape index (κ2) is 5.74. The molecule has 0 N–H and O–H groups in total. The van der Waals surface area contributed by atoms with Crippen molar-refractivity contribution in [2.45, 2.75) is 18.4 Å². The van der Waals surface area contributed by atoms with Crippen LogP contribution in [-0.2, 0) is 31.0 Å². The fraction of sp³-hybridized carbons (Fsp3) is 0.471. The Kier molecular flexibility index (Phi) is 3.93. The molecule has 118 valence electrons. The highest BCUT2D eigenvalue weighted by Crippen LogP contribution is 2.51. The molecule has 2 atom stereocenters. The third kappa shape index (κ3) is 2.30. The summed E-state index contributed by atoms with van der Waals surface area (Å²) >= 11 is 0. The molecule has 2 bridgehead atoms. The fourth-order valence-electron chi connectivity index (χ4n) is 3.50. The van der Waals surface area contributed by atoms with Crippen LogP contribution in [0.1, 0.15) is 17.5 Å². The molecule has 3 rings (SSSR count). The van der Waals surface area contributed by atoms with Crippen molar-refractivity contribution in [2.75, 3.05) is 28.1 Å². The van der Waals surface area contributed by atoms with E-state index in [9.17, 15) is 4.79 Å². The van der Waals surface area contributed by atoms with Crippen molar-refractivity contribution in [3.63, 3.8) is 0 Å². The maximum absolute atomic E-state index is 12.0. The summed E-state index contributed by atoms with van der Waals surface area (Å²) in [4.78, 5) is 12.0. The van der Waals surface area contributed by atoms with Crippen LogP contribution in [0.5, 0.6) is 5.75 Å². The van der Waals surface area contributed by atoms with E-state index >= 15 is 0 Å². The van der Waals surface area contributed by atoms with Gasteiger partial charge < -0.3 is 18.9 Å². The quantitative estimate of drug-likeness (QED) is 0.616. The average molecular weight is 304 g/mol. The maximum Gasteiger partial charge on any atom is 0.333 e. The highest BCUT2D eigenvalue weighted by atomic mass is 16.7. The molecular formula is C17H20O5. The Hall–Kier alpha value is -1.85. The number of carbonyl (C=O) groups is 1. The van der Waals surface area contributed by atoms with Gasteiger partial charge in [0.1, 0.15) is 18.1 Å². The molecule has 0 aromatic heterocycles. The normalized spacial score (nSPS) is 25.4.